The molecule has 3 nitrogen and oxygen atoms in total. The molecule has 1 aromatic heterocycles. The van der Waals surface area contributed by atoms with Crippen molar-refractivity contribution in [2.45, 2.75) is 19.8 Å². The van der Waals surface area contributed by atoms with Crippen molar-refractivity contribution in [1.29, 1.82) is 0 Å². The standard InChI is InChI=1S/C8H12N3/c1-6(2)8-10-4-7(9-3)5-11-8/h4-6H,1-3H3/q-1. The summed E-state index contributed by atoms with van der Waals surface area (Å²) < 4.78 is 0. The minimum absolute atomic E-state index is 0.390. The van der Waals surface area contributed by atoms with Gasteiger partial charge in [-0.2, -0.15) is 0 Å². The Morgan fingerprint density at radius 1 is 1.27 bits per heavy atom. The molecule has 0 saturated heterocycles. The monoisotopic (exact) mass is 150 g/mol. The third kappa shape index (κ3) is 1.90. The van der Waals surface area contributed by atoms with Gasteiger partial charge in [-0.25, -0.2) is 9.97 Å². The van der Waals surface area contributed by atoms with E-state index in [4.69, 9.17) is 0 Å². The Balaban J connectivity index is 2.83. The minimum Gasteiger partial charge on any atom is -0.684 e. The molecule has 0 bridgehead atoms. The van der Waals surface area contributed by atoms with Crippen LogP contribution in [0.25, 0.3) is 5.32 Å². The Hall–Kier alpha value is -1.12. The lowest BCUT2D eigenvalue weighted by Crippen LogP contribution is -1.94. The fourth-order valence-corrected chi connectivity index (χ4v) is 0.745. The maximum absolute atomic E-state index is 4.14. The van der Waals surface area contributed by atoms with Crippen molar-refractivity contribution in [2.24, 2.45) is 0 Å². The first-order valence-corrected chi connectivity index (χ1v) is 3.66. The van der Waals surface area contributed by atoms with Crippen LogP contribution in [0, 0.1) is 0 Å². The van der Waals surface area contributed by atoms with Crippen LogP contribution in [-0.4, -0.2) is 17.0 Å². The van der Waals surface area contributed by atoms with Gasteiger partial charge in [-0.05, 0) is 0 Å². The summed E-state index contributed by atoms with van der Waals surface area (Å²) in [5, 5.41) is 3.95. The van der Waals surface area contributed by atoms with Gasteiger partial charge in [0.2, 0.25) is 0 Å². The molecule has 0 aromatic carbocycles. The molecular weight excluding hydrogens is 138 g/mol. The second kappa shape index (κ2) is 3.32. The lowest BCUT2D eigenvalue weighted by Gasteiger charge is -2.12. The molecule has 0 amide bonds. The smallest absolute Gasteiger partial charge is 0.130 e. The molecule has 1 rings (SSSR count). The van der Waals surface area contributed by atoms with Gasteiger partial charge in [0.15, 0.2) is 0 Å². The van der Waals surface area contributed by atoms with E-state index >= 15 is 0 Å². The summed E-state index contributed by atoms with van der Waals surface area (Å²) in [5.41, 5.74) is 0.828. The average Bonchev–Trinajstić information content (AvgIpc) is 2.05. The van der Waals surface area contributed by atoms with Crippen LogP contribution in [0.15, 0.2) is 12.4 Å². The maximum atomic E-state index is 4.14. The zero-order valence-corrected chi connectivity index (χ0v) is 7.07. The second-order valence-electron chi connectivity index (χ2n) is 2.68. The topological polar surface area (TPSA) is 39.9 Å². The highest BCUT2D eigenvalue weighted by Crippen LogP contribution is 2.14. The van der Waals surface area contributed by atoms with E-state index in [1.165, 1.54) is 0 Å². The van der Waals surface area contributed by atoms with Crippen LogP contribution < -0.4 is 0 Å². The van der Waals surface area contributed by atoms with Crippen LogP contribution in [0.2, 0.25) is 0 Å². The molecule has 0 unspecified atom stereocenters. The molecule has 0 atom stereocenters. The van der Waals surface area contributed by atoms with E-state index in [0.29, 0.717) is 5.92 Å². The molecule has 1 heterocycles. The Kier molecular flexibility index (Phi) is 2.41. The summed E-state index contributed by atoms with van der Waals surface area (Å²) in [6.07, 6.45) is 3.48. The predicted molar refractivity (Wildman–Crippen MR) is 45.1 cm³/mol. The van der Waals surface area contributed by atoms with E-state index in [1.54, 1.807) is 19.4 Å². The molecule has 11 heavy (non-hydrogen) atoms. The van der Waals surface area contributed by atoms with Crippen LogP contribution in [-0.2, 0) is 0 Å². The van der Waals surface area contributed by atoms with Crippen LogP contribution in [0.5, 0.6) is 0 Å². The molecule has 0 spiro atoms. The van der Waals surface area contributed by atoms with Crippen molar-refractivity contribution in [1.82, 2.24) is 9.97 Å². The maximum Gasteiger partial charge on any atom is 0.130 e. The van der Waals surface area contributed by atoms with E-state index in [-0.39, 0.29) is 0 Å². The highest BCUT2D eigenvalue weighted by molar-refractivity contribution is 5.42. The molecule has 0 radical (unpaired) electrons. The van der Waals surface area contributed by atoms with E-state index < -0.39 is 0 Å². The van der Waals surface area contributed by atoms with Gasteiger partial charge in [0.25, 0.3) is 0 Å². The number of nitrogens with zero attached hydrogens (tertiary/aromatic N) is 3. The SMILES string of the molecule is C[N-]c1cnc(C(C)C)nc1. The molecule has 0 saturated carbocycles. The Labute approximate surface area is 66.9 Å². The zero-order valence-electron chi connectivity index (χ0n) is 7.07. The van der Waals surface area contributed by atoms with E-state index in [2.05, 4.69) is 29.1 Å². The number of rotatable bonds is 2. The summed E-state index contributed by atoms with van der Waals surface area (Å²) in [5.74, 6) is 1.26. The normalized spacial score (nSPS) is 10.2. The Morgan fingerprint density at radius 3 is 2.18 bits per heavy atom. The largest absolute Gasteiger partial charge is 0.684 e. The van der Waals surface area contributed by atoms with Crippen LogP contribution in [0.1, 0.15) is 25.6 Å². The molecule has 0 aliphatic carbocycles. The summed E-state index contributed by atoms with van der Waals surface area (Å²) in [7, 11) is 1.73. The predicted octanol–water partition coefficient (Wildman–Crippen LogP) is 2.24. The first kappa shape index (κ1) is 7.98. The van der Waals surface area contributed by atoms with Gasteiger partial charge >= 0.3 is 0 Å². The van der Waals surface area contributed by atoms with Gasteiger partial charge in [-0.15, -0.1) is 12.7 Å². The fourth-order valence-electron chi connectivity index (χ4n) is 0.745. The van der Waals surface area contributed by atoms with Gasteiger partial charge in [-0.3, -0.25) is 0 Å². The van der Waals surface area contributed by atoms with Crippen molar-refractivity contribution >= 4 is 5.69 Å². The van der Waals surface area contributed by atoms with Crippen molar-refractivity contribution in [3.8, 4) is 0 Å². The summed E-state index contributed by atoms with van der Waals surface area (Å²) in [4.78, 5) is 8.29. The summed E-state index contributed by atoms with van der Waals surface area (Å²) in [6.45, 7) is 4.14. The first-order chi connectivity index (χ1) is 5.24. The van der Waals surface area contributed by atoms with Crippen molar-refractivity contribution < 1.29 is 0 Å². The molecule has 3 heteroatoms. The van der Waals surface area contributed by atoms with Gasteiger partial charge in [0.05, 0.1) is 0 Å². The minimum atomic E-state index is 0.390. The lowest BCUT2D eigenvalue weighted by atomic mass is 10.2. The highest BCUT2D eigenvalue weighted by atomic mass is 14.9. The third-order valence-electron chi connectivity index (χ3n) is 1.43. The zero-order chi connectivity index (χ0) is 8.27. The lowest BCUT2D eigenvalue weighted by molar-refractivity contribution is 0.775. The number of hydrogen-bond donors (Lipinski definition) is 0. The van der Waals surface area contributed by atoms with E-state index in [1.807, 2.05) is 0 Å². The quantitative estimate of drug-likeness (QED) is 0.648. The van der Waals surface area contributed by atoms with Gasteiger partial charge in [-0.1, -0.05) is 13.8 Å². The fraction of sp³-hybridized carbons (Fsp3) is 0.500. The number of aromatic nitrogens is 2. The molecule has 0 aliphatic rings. The van der Waals surface area contributed by atoms with Gasteiger partial charge in [0.1, 0.15) is 5.82 Å². The third-order valence-corrected chi connectivity index (χ3v) is 1.43. The van der Waals surface area contributed by atoms with Gasteiger partial charge in [0, 0.05) is 18.3 Å². The highest BCUT2D eigenvalue weighted by Gasteiger charge is 1.98. The van der Waals surface area contributed by atoms with Crippen molar-refractivity contribution in [3.05, 3.63) is 23.5 Å². The molecule has 0 fully saturated rings. The van der Waals surface area contributed by atoms with Crippen LogP contribution >= 0.6 is 0 Å². The molecule has 60 valence electrons. The molecule has 1 aromatic rings. The Bertz CT molecular complexity index is 215. The van der Waals surface area contributed by atoms with Crippen LogP contribution in [0.3, 0.4) is 0 Å². The first-order valence-electron chi connectivity index (χ1n) is 3.66. The summed E-state index contributed by atoms with van der Waals surface area (Å²) >= 11 is 0. The van der Waals surface area contributed by atoms with E-state index in [9.17, 15) is 0 Å². The van der Waals surface area contributed by atoms with Crippen LogP contribution in [0.4, 0.5) is 5.69 Å². The summed E-state index contributed by atoms with van der Waals surface area (Å²) in [6, 6.07) is 0. The van der Waals surface area contributed by atoms with Crippen molar-refractivity contribution in [3.63, 3.8) is 0 Å². The van der Waals surface area contributed by atoms with Crippen molar-refractivity contribution in [2.75, 3.05) is 7.05 Å². The average molecular weight is 150 g/mol. The Morgan fingerprint density at radius 2 is 1.82 bits per heavy atom. The van der Waals surface area contributed by atoms with E-state index in [0.717, 1.165) is 11.5 Å². The molecule has 0 aliphatic heterocycles. The molecule has 0 N–H and O–H groups in total. The molecular formula is C8H12N3-. The number of hydrogen-bond acceptors (Lipinski definition) is 2. The van der Waals surface area contributed by atoms with Gasteiger partial charge < -0.3 is 5.32 Å². The second-order valence-corrected chi connectivity index (χ2v) is 2.68.